The van der Waals surface area contributed by atoms with E-state index in [9.17, 15) is 4.79 Å². The maximum Gasteiger partial charge on any atom is 0.335 e. The number of aryl methyl sites for hydroxylation is 1. The van der Waals surface area contributed by atoms with Gasteiger partial charge in [-0.3, -0.25) is 4.90 Å². The molecule has 21 heavy (non-hydrogen) atoms. The first-order chi connectivity index (χ1) is 9.95. The number of hydrogen-bond acceptors (Lipinski definition) is 2. The summed E-state index contributed by atoms with van der Waals surface area (Å²) in [6, 6.07) is 13.4. The predicted octanol–water partition coefficient (Wildman–Crippen LogP) is 4.09. The van der Waals surface area contributed by atoms with Crippen LogP contribution in [0, 0.1) is 6.92 Å². The van der Waals surface area contributed by atoms with Gasteiger partial charge in [0.2, 0.25) is 0 Å². The average molecular weight is 348 g/mol. The highest BCUT2D eigenvalue weighted by Crippen LogP contribution is 2.20. The first-order valence-corrected chi connectivity index (χ1v) is 7.51. The van der Waals surface area contributed by atoms with E-state index in [1.807, 2.05) is 12.1 Å². The minimum atomic E-state index is -0.890. The summed E-state index contributed by atoms with van der Waals surface area (Å²) >= 11 is 3.59. The molecule has 2 aromatic rings. The molecular formula is C17H18BrNO2. The molecule has 2 rings (SSSR count). The van der Waals surface area contributed by atoms with Gasteiger partial charge in [-0.1, -0.05) is 40.2 Å². The molecule has 0 fully saturated rings. The maximum atomic E-state index is 10.8. The molecule has 0 aromatic heterocycles. The van der Waals surface area contributed by atoms with Crippen molar-refractivity contribution in [3.63, 3.8) is 0 Å². The van der Waals surface area contributed by atoms with Crippen molar-refractivity contribution in [3.05, 3.63) is 69.2 Å². The summed E-state index contributed by atoms with van der Waals surface area (Å²) in [7, 11) is 2.05. The summed E-state index contributed by atoms with van der Waals surface area (Å²) in [6.45, 7) is 3.68. The van der Waals surface area contributed by atoms with Crippen LogP contribution in [-0.4, -0.2) is 23.0 Å². The van der Waals surface area contributed by atoms with E-state index in [2.05, 4.69) is 53.0 Å². The molecule has 3 nitrogen and oxygen atoms in total. The molecule has 0 atom stereocenters. The number of carbonyl (C=O) groups is 1. The zero-order valence-corrected chi connectivity index (χ0v) is 13.7. The monoisotopic (exact) mass is 347 g/mol. The van der Waals surface area contributed by atoms with Crippen LogP contribution in [0.3, 0.4) is 0 Å². The molecule has 110 valence electrons. The fourth-order valence-corrected chi connectivity index (χ4v) is 2.81. The molecule has 1 N–H and O–H groups in total. The summed E-state index contributed by atoms with van der Waals surface area (Å²) in [6.07, 6.45) is 0. The highest BCUT2D eigenvalue weighted by molar-refractivity contribution is 9.10. The number of nitrogens with zero attached hydrogens (tertiary/aromatic N) is 1. The van der Waals surface area contributed by atoms with Crippen molar-refractivity contribution in [3.8, 4) is 0 Å². The van der Waals surface area contributed by atoms with Crippen molar-refractivity contribution in [2.45, 2.75) is 20.0 Å². The van der Waals surface area contributed by atoms with E-state index in [0.717, 1.165) is 23.1 Å². The predicted molar refractivity (Wildman–Crippen MR) is 87.5 cm³/mol. The Hall–Kier alpha value is -1.65. The molecule has 0 saturated heterocycles. The third-order valence-corrected chi connectivity index (χ3v) is 4.04. The van der Waals surface area contributed by atoms with E-state index in [0.29, 0.717) is 5.56 Å². The van der Waals surface area contributed by atoms with E-state index in [-0.39, 0.29) is 0 Å². The SMILES string of the molecule is Cc1ccc(CN(C)Cc2ccc(C(=O)O)cc2)c(Br)c1. The lowest BCUT2D eigenvalue weighted by atomic mass is 10.1. The highest BCUT2D eigenvalue weighted by Gasteiger charge is 2.07. The van der Waals surface area contributed by atoms with Gasteiger partial charge >= 0.3 is 5.97 Å². The lowest BCUT2D eigenvalue weighted by Crippen LogP contribution is -2.17. The van der Waals surface area contributed by atoms with Crippen molar-refractivity contribution in [1.29, 1.82) is 0 Å². The van der Waals surface area contributed by atoms with Crippen molar-refractivity contribution in [2.75, 3.05) is 7.05 Å². The lowest BCUT2D eigenvalue weighted by molar-refractivity contribution is 0.0697. The molecule has 0 spiro atoms. The Bertz CT molecular complexity index is 638. The van der Waals surface area contributed by atoms with Gasteiger partial charge in [-0.25, -0.2) is 4.79 Å². The molecule has 0 bridgehead atoms. The molecule has 0 aliphatic heterocycles. The van der Waals surface area contributed by atoms with Crippen molar-refractivity contribution < 1.29 is 9.90 Å². The normalized spacial score (nSPS) is 10.9. The third-order valence-electron chi connectivity index (χ3n) is 3.30. The van der Waals surface area contributed by atoms with Gasteiger partial charge in [0.25, 0.3) is 0 Å². The maximum absolute atomic E-state index is 10.8. The Labute approximate surface area is 133 Å². The number of carboxylic acids is 1. The Morgan fingerprint density at radius 1 is 1.14 bits per heavy atom. The van der Waals surface area contributed by atoms with Gasteiger partial charge in [-0.2, -0.15) is 0 Å². The summed E-state index contributed by atoms with van der Waals surface area (Å²) in [5.74, 6) is -0.890. The molecule has 0 heterocycles. The molecule has 0 unspecified atom stereocenters. The number of benzene rings is 2. The van der Waals surface area contributed by atoms with Gasteiger partial charge in [-0.05, 0) is 48.9 Å². The van der Waals surface area contributed by atoms with Gasteiger partial charge in [0, 0.05) is 17.6 Å². The van der Waals surface area contributed by atoms with Crippen LogP contribution >= 0.6 is 15.9 Å². The van der Waals surface area contributed by atoms with Crippen LogP contribution in [0.5, 0.6) is 0 Å². The second-order valence-electron chi connectivity index (χ2n) is 5.27. The van der Waals surface area contributed by atoms with Gasteiger partial charge in [0.05, 0.1) is 5.56 Å². The van der Waals surface area contributed by atoms with Crippen LogP contribution in [-0.2, 0) is 13.1 Å². The van der Waals surface area contributed by atoms with Gasteiger partial charge in [0.15, 0.2) is 0 Å². The fraction of sp³-hybridized carbons (Fsp3) is 0.235. The quantitative estimate of drug-likeness (QED) is 0.885. The fourth-order valence-electron chi connectivity index (χ4n) is 2.19. The van der Waals surface area contributed by atoms with Crippen molar-refractivity contribution in [2.24, 2.45) is 0 Å². The Balaban J connectivity index is 2.01. The summed E-state index contributed by atoms with van der Waals surface area (Å²) in [4.78, 5) is 13.0. The number of hydrogen-bond donors (Lipinski definition) is 1. The van der Waals surface area contributed by atoms with Crippen LogP contribution in [0.15, 0.2) is 46.9 Å². The summed E-state index contributed by atoms with van der Waals surface area (Å²) in [5, 5.41) is 8.89. The number of aromatic carboxylic acids is 1. The molecular weight excluding hydrogens is 330 g/mol. The first kappa shape index (κ1) is 15.7. The summed E-state index contributed by atoms with van der Waals surface area (Å²) < 4.78 is 1.12. The second-order valence-corrected chi connectivity index (χ2v) is 6.12. The van der Waals surface area contributed by atoms with E-state index < -0.39 is 5.97 Å². The van der Waals surface area contributed by atoms with Crippen LogP contribution in [0.2, 0.25) is 0 Å². The van der Waals surface area contributed by atoms with Crippen LogP contribution < -0.4 is 0 Å². The smallest absolute Gasteiger partial charge is 0.335 e. The number of halogens is 1. The molecule has 0 aliphatic rings. The van der Waals surface area contributed by atoms with Gasteiger partial charge in [0.1, 0.15) is 0 Å². The minimum Gasteiger partial charge on any atom is -0.478 e. The van der Waals surface area contributed by atoms with Crippen LogP contribution in [0.4, 0.5) is 0 Å². The number of carboxylic acid groups (broad SMARTS) is 1. The Morgan fingerprint density at radius 3 is 2.38 bits per heavy atom. The molecule has 0 saturated carbocycles. The lowest BCUT2D eigenvalue weighted by Gasteiger charge is -2.18. The molecule has 0 aliphatic carbocycles. The largest absolute Gasteiger partial charge is 0.478 e. The molecule has 2 aromatic carbocycles. The topological polar surface area (TPSA) is 40.5 Å². The first-order valence-electron chi connectivity index (χ1n) is 6.71. The molecule has 0 radical (unpaired) electrons. The van der Waals surface area contributed by atoms with Crippen molar-refractivity contribution >= 4 is 21.9 Å². The molecule has 0 amide bonds. The number of rotatable bonds is 5. The van der Waals surface area contributed by atoms with E-state index in [4.69, 9.17) is 5.11 Å². The van der Waals surface area contributed by atoms with E-state index >= 15 is 0 Å². The third kappa shape index (κ3) is 4.41. The average Bonchev–Trinajstić information content (AvgIpc) is 2.42. The van der Waals surface area contributed by atoms with Crippen LogP contribution in [0.1, 0.15) is 27.0 Å². The Kier molecular flexibility index (Phi) is 5.15. The van der Waals surface area contributed by atoms with Gasteiger partial charge in [-0.15, -0.1) is 0 Å². The van der Waals surface area contributed by atoms with Crippen LogP contribution in [0.25, 0.3) is 0 Å². The van der Waals surface area contributed by atoms with E-state index in [1.165, 1.54) is 11.1 Å². The van der Waals surface area contributed by atoms with Gasteiger partial charge < -0.3 is 5.11 Å². The zero-order chi connectivity index (χ0) is 15.4. The highest BCUT2D eigenvalue weighted by atomic mass is 79.9. The van der Waals surface area contributed by atoms with E-state index in [1.54, 1.807) is 12.1 Å². The van der Waals surface area contributed by atoms with Crippen molar-refractivity contribution in [1.82, 2.24) is 4.90 Å². The second kappa shape index (κ2) is 6.87. The Morgan fingerprint density at radius 2 is 1.81 bits per heavy atom. The summed E-state index contributed by atoms with van der Waals surface area (Å²) in [5.41, 5.74) is 3.90. The minimum absolute atomic E-state index is 0.322. The zero-order valence-electron chi connectivity index (χ0n) is 12.1. The standard InChI is InChI=1S/C17H18BrNO2/c1-12-3-6-15(16(18)9-12)11-19(2)10-13-4-7-14(8-5-13)17(20)21/h3-9H,10-11H2,1-2H3,(H,20,21). The molecule has 4 heteroatoms.